The molecule has 0 saturated heterocycles. The summed E-state index contributed by atoms with van der Waals surface area (Å²) in [6.07, 6.45) is 2.42. The van der Waals surface area contributed by atoms with Gasteiger partial charge in [0.25, 0.3) is 0 Å². The van der Waals surface area contributed by atoms with E-state index >= 15 is 0 Å². The van der Waals surface area contributed by atoms with Crippen LogP contribution in [0.5, 0.6) is 0 Å². The molecule has 17 heavy (non-hydrogen) atoms. The first-order valence-electron chi connectivity index (χ1n) is 5.23. The number of aryl methyl sites for hydroxylation is 2. The van der Waals surface area contributed by atoms with Gasteiger partial charge in [0.05, 0.1) is 0 Å². The van der Waals surface area contributed by atoms with Crippen molar-refractivity contribution in [1.29, 1.82) is 0 Å². The highest BCUT2D eigenvalue weighted by Crippen LogP contribution is 2.10. The number of rotatable bonds is 4. The summed E-state index contributed by atoms with van der Waals surface area (Å²) in [4.78, 5) is 12.3. The second-order valence-corrected chi connectivity index (χ2v) is 4.02. The summed E-state index contributed by atoms with van der Waals surface area (Å²) in [7, 11) is 1.84. The zero-order valence-corrected chi connectivity index (χ0v) is 10.4. The van der Waals surface area contributed by atoms with Gasteiger partial charge in [0.15, 0.2) is 5.82 Å². The zero-order chi connectivity index (χ0) is 12.3. The summed E-state index contributed by atoms with van der Waals surface area (Å²) in [5.74, 6) is 2.17. The van der Waals surface area contributed by atoms with Gasteiger partial charge in [-0.05, 0) is 6.92 Å². The Morgan fingerprint density at radius 3 is 2.88 bits per heavy atom. The minimum atomic E-state index is 0.441. The Morgan fingerprint density at radius 1 is 1.41 bits per heavy atom. The molecule has 0 aromatic carbocycles. The van der Waals surface area contributed by atoms with Crippen LogP contribution >= 0.6 is 11.6 Å². The van der Waals surface area contributed by atoms with Crippen molar-refractivity contribution in [3.63, 3.8) is 0 Å². The molecule has 0 aliphatic carbocycles. The molecule has 0 spiro atoms. The van der Waals surface area contributed by atoms with Crippen LogP contribution in [-0.2, 0) is 13.5 Å². The van der Waals surface area contributed by atoms with Gasteiger partial charge in [-0.2, -0.15) is 5.10 Å². The van der Waals surface area contributed by atoms with Crippen LogP contribution in [0.1, 0.15) is 11.6 Å². The van der Waals surface area contributed by atoms with Crippen molar-refractivity contribution in [2.45, 2.75) is 13.3 Å². The highest BCUT2D eigenvalue weighted by Gasteiger charge is 2.01. The fourth-order valence-corrected chi connectivity index (χ4v) is 1.65. The van der Waals surface area contributed by atoms with E-state index in [-0.39, 0.29) is 0 Å². The molecule has 0 radical (unpaired) electrons. The van der Waals surface area contributed by atoms with Crippen molar-refractivity contribution in [2.24, 2.45) is 7.05 Å². The lowest BCUT2D eigenvalue weighted by Crippen LogP contribution is -2.08. The van der Waals surface area contributed by atoms with Crippen LogP contribution in [0.2, 0.25) is 5.15 Å². The van der Waals surface area contributed by atoms with E-state index < -0.39 is 0 Å². The molecule has 90 valence electrons. The predicted molar refractivity (Wildman–Crippen MR) is 65.0 cm³/mol. The van der Waals surface area contributed by atoms with E-state index in [9.17, 15) is 0 Å². The summed E-state index contributed by atoms with van der Waals surface area (Å²) in [6, 6.07) is 1.69. The lowest BCUT2D eigenvalue weighted by Gasteiger charge is -2.04. The monoisotopic (exact) mass is 252 g/mol. The first-order chi connectivity index (χ1) is 8.13. The second kappa shape index (κ2) is 5.09. The number of aromatic nitrogens is 5. The largest absolute Gasteiger partial charge is 0.369 e. The average Bonchev–Trinajstić information content (AvgIpc) is 2.63. The van der Waals surface area contributed by atoms with E-state index in [4.69, 9.17) is 11.6 Å². The number of hydrogen-bond acceptors (Lipinski definition) is 5. The summed E-state index contributed by atoms with van der Waals surface area (Å²) in [6.45, 7) is 2.51. The molecular formula is C10H13ClN6. The third-order valence-electron chi connectivity index (χ3n) is 2.11. The molecule has 0 aliphatic rings. The zero-order valence-electron chi connectivity index (χ0n) is 9.68. The first kappa shape index (κ1) is 11.8. The van der Waals surface area contributed by atoms with Crippen LogP contribution in [0, 0.1) is 6.92 Å². The maximum Gasteiger partial charge on any atom is 0.152 e. The first-order valence-corrected chi connectivity index (χ1v) is 5.61. The Kier molecular flexibility index (Phi) is 3.53. The summed E-state index contributed by atoms with van der Waals surface area (Å²) >= 11 is 5.83. The van der Waals surface area contributed by atoms with Gasteiger partial charge in [-0.3, -0.25) is 4.68 Å². The predicted octanol–water partition coefficient (Wildman–Crippen LogP) is 1.22. The minimum Gasteiger partial charge on any atom is -0.369 e. The molecular weight excluding hydrogens is 240 g/mol. The van der Waals surface area contributed by atoms with Crippen LogP contribution in [0.15, 0.2) is 12.4 Å². The summed E-state index contributed by atoms with van der Waals surface area (Å²) in [5, 5.41) is 7.78. The molecule has 2 aromatic heterocycles. The third-order valence-corrected chi connectivity index (χ3v) is 2.30. The third kappa shape index (κ3) is 3.39. The van der Waals surface area contributed by atoms with Gasteiger partial charge in [0.2, 0.25) is 0 Å². The van der Waals surface area contributed by atoms with Gasteiger partial charge in [-0.25, -0.2) is 15.0 Å². The Hall–Kier alpha value is -1.69. The van der Waals surface area contributed by atoms with Gasteiger partial charge >= 0.3 is 0 Å². The van der Waals surface area contributed by atoms with Crippen LogP contribution in [-0.4, -0.2) is 31.3 Å². The topological polar surface area (TPSA) is 68.5 Å². The Labute approximate surface area is 104 Å². The van der Waals surface area contributed by atoms with Crippen molar-refractivity contribution in [3.8, 4) is 0 Å². The number of anilines is 1. The fraction of sp³-hybridized carbons (Fsp3) is 0.400. The molecule has 2 rings (SSSR count). The van der Waals surface area contributed by atoms with E-state index in [1.54, 1.807) is 24.0 Å². The van der Waals surface area contributed by atoms with Gasteiger partial charge < -0.3 is 5.32 Å². The van der Waals surface area contributed by atoms with Crippen molar-refractivity contribution in [1.82, 2.24) is 24.7 Å². The Morgan fingerprint density at radius 2 is 2.24 bits per heavy atom. The number of halogens is 1. The van der Waals surface area contributed by atoms with Crippen LogP contribution < -0.4 is 5.32 Å². The Balaban J connectivity index is 1.89. The van der Waals surface area contributed by atoms with Crippen LogP contribution in [0.25, 0.3) is 0 Å². The maximum atomic E-state index is 5.83. The standard InChI is InChI=1S/C10H13ClN6/c1-7-14-8(11)5-10(15-7)12-4-3-9-13-6-17(2)16-9/h5-6H,3-4H2,1-2H3,(H,12,14,15). The lowest BCUT2D eigenvalue weighted by molar-refractivity contribution is 0.741. The van der Waals surface area contributed by atoms with E-state index in [1.165, 1.54) is 0 Å². The van der Waals surface area contributed by atoms with Crippen molar-refractivity contribution in [2.75, 3.05) is 11.9 Å². The molecule has 0 atom stereocenters. The fourth-order valence-electron chi connectivity index (χ4n) is 1.42. The molecule has 0 aliphatic heterocycles. The van der Waals surface area contributed by atoms with Crippen molar-refractivity contribution >= 4 is 17.4 Å². The molecule has 0 unspecified atom stereocenters. The minimum absolute atomic E-state index is 0.441. The normalized spacial score (nSPS) is 10.5. The number of nitrogens with zero attached hydrogens (tertiary/aromatic N) is 5. The lowest BCUT2D eigenvalue weighted by atomic mass is 10.4. The van der Waals surface area contributed by atoms with Gasteiger partial charge in [-0.1, -0.05) is 11.6 Å². The molecule has 6 nitrogen and oxygen atoms in total. The highest BCUT2D eigenvalue weighted by molar-refractivity contribution is 6.29. The van der Waals surface area contributed by atoms with Crippen molar-refractivity contribution < 1.29 is 0 Å². The van der Waals surface area contributed by atoms with E-state index in [0.717, 1.165) is 18.1 Å². The molecule has 0 fully saturated rings. The second-order valence-electron chi connectivity index (χ2n) is 3.63. The Bertz CT molecular complexity index is 489. The van der Waals surface area contributed by atoms with Gasteiger partial charge in [0, 0.05) is 26.1 Å². The number of nitrogens with one attached hydrogen (secondary N) is 1. The van der Waals surface area contributed by atoms with Gasteiger partial charge in [-0.15, -0.1) is 0 Å². The van der Waals surface area contributed by atoms with E-state index in [2.05, 4.69) is 25.4 Å². The molecule has 2 heterocycles. The smallest absolute Gasteiger partial charge is 0.152 e. The van der Waals surface area contributed by atoms with Gasteiger partial charge in [0.1, 0.15) is 23.1 Å². The molecule has 7 heteroatoms. The SMILES string of the molecule is Cc1nc(Cl)cc(NCCc2ncn(C)n2)n1. The average molecular weight is 253 g/mol. The van der Waals surface area contributed by atoms with E-state index in [0.29, 0.717) is 17.5 Å². The summed E-state index contributed by atoms with van der Waals surface area (Å²) in [5.41, 5.74) is 0. The van der Waals surface area contributed by atoms with Crippen LogP contribution in [0.4, 0.5) is 5.82 Å². The summed E-state index contributed by atoms with van der Waals surface area (Å²) < 4.78 is 1.68. The quantitative estimate of drug-likeness (QED) is 0.829. The van der Waals surface area contributed by atoms with E-state index in [1.807, 2.05) is 7.05 Å². The molecule has 2 aromatic rings. The highest BCUT2D eigenvalue weighted by atomic mass is 35.5. The van der Waals surface area contributed by atoms with Crippen LogP contribution in [0.3, 0.4) is 0 Å². The molecule has 0 bridgehead atoms. The molecule has 0 saturated carbocycles. The maximum absolute atomic E-state index is 5.83. The molecule has 0 amide bonds. The number of hydrogen-bond donors (Lipinski definition) is 1. The molecule has 1 N–H and O–H groups in total. The van der Waals surface area contributed by atoms with Crippen molar-refractivity contribution in [3.05, 3.63) is 29.2 Å².